The lowest BCUT2D eigenvalue weighted by molar-refractivity contribution is -0.118. The third kappa shape index (κ3) is 4.59. The van der Waals surface area contributed by atoms with Crippen molar-refractivity contribution in [2.75, 3.05) is 0 Å². The van der Waals surface area contributed by atoms with Crippen molar-refractivity contribution in [1.82, 2.24) is 0 Å². The monoisotopic (exact) mass is 236 g/mol. The van der Waals surface area contributed by atoms with Crippen molar-refractivity contribution < 1.29 is 19.1 Å². The fourth-order valence-electron chi connectivity index (χ4n) is 1.24. The van der Waals surface area contributed by atoms with Crippen molar-refractivity contribution in [1.29, 1.82) is 0 Å². The maximum absolute atomic E-state index is 12.6. The molecule has 0 heterocycles. The van der Waals surface area contributed by atoms with Crippen LogP contribution in [0.4, 0.5) is 4.39 Å². The lowest BCUT2D eigenvalue weighted by Crippen LogP contribution is -2.02. The van der Waals surface area contributed by atoms with E-state index in [1.807, 2.05) is 0 Å². The molecule has 0 radical (unpaired) electrons. The van der Waals surface area contributed by atoms with Gasteiger partial charge in [-0.2, -0.15) is 0 Å². The Balaban J connectivity index is 2.51. The van der Waals surface area contributed by atoms with Gasteiger partial charge in [-0.25, -0.2) is 4.39 Å². The molecule has 0 fully saturated rings. The molecule has 1 N–H and O–H groups in total. The molecular weight excluding hydrogens is 223 g/mol. The molecule has 4 heteroatoms. The highest BCUT2D eigenvalue weighted by Crippen LogP contribution is 2.06. The topological polar surface area (TPSA) is 54.4 Å². The van der Waals surface area contributed by atoms with E-state index in [0.29, 0.717) is 6.42 Å². The summed E-state index contributed by atoms with van der Waals surface area (Å²) >= 11 is 0. The van der Waals surface area contributed by atoms with E-state index in [9.17, 15) is 14.0 Å². The number of Topliss-reactive ketones (excluding diaryl/α,β-unsaturated/α-hetero) is 1. The summed E-state index contributed by atoms with van der Waals surface area (Å²) in [6, 6.07) is 5.83. The number of rotatable bonds is 5. The molecule has 0 amide bonds. The second-order valence-electron chi connectivity index (χ2n) is 3.68. The van der Waals surface area contributed by atoms with Crippen molar-refractivity contribution in [3.05, 3.63) is 47.5 Å². The van der Waals surface area contributed by atoms with E-state index < -0.39 is 11.5 Å². The molecule has 0 spiro atoms. The van der Waals surface area contributed by atoms with Gasteiger partial charge in [0.25, 0.3) is 0 Å². The van der Waals surface area contributed by atoms with Gasteiger partial charge in [0.05, 0.1) is 0 Å². The number of aliphatic hydroxyl groups excluding tert-OH is 1. The predicted octanol–water partition coefficient (Wildman–Crippen LogP) is 2.36. The van der Waals surface area contributed by atoms with Crippen LogP contribution in [0.2, 0.25) is 0 Å². The van der Waals surface area contributed by atoms with E-state index in [1.54, 1.807) is 12.1 Å². The van der Waals surface area contributed by atoms with Gasteiger partial charge in [-0.15, -0.1) is 0 Å². The zero-order chi connectivity index (χ0) is 12.8. The molecule has 0 aliphatic carbocycles. The highest BCUT2D eigenvalue weighted by atomic mass is 19.1. The standard InChI is InChI=1S/C13H13FO3/c1-9(15)13(17)8-12(16)7-4-10-2-5-11(14)6-3-10/h2-3,5-6,8,17H,4,7H2,1H3/b13-8-. The van der Waals surface area contributed by atoms with Crippen molar-refractivity contribution in [2.24, 2.45) is 0 Å². The normalized spacial score (nSPS) is 11.3. The van der Waals surface area contributed by atoms with E-state index in [-0.39, 0.29) is 18.0 Å². The van der Waals surface area contributed by atoms with Crippen molar-refractivity contribution >= 4 is 11.6 Å². The number of benzene rings is 1. The number of carbonyl (C=O) groups is 2. The van der Waals surface area contributed by atoms with Gasteiger partial charge in [0.2, 0.25) is 0 Å². The van der Waals surface area contributed by atoms with E-state index in [2.05, 4.69) is 0 Å². The van der Waals surface area contributed by atoms with E-state index >= 15 is 0 Å². The number of ketones is 2. The van der Waals surface area contributed by atoms with Crippen molar-refractivity contribution in [3.63, 3.8) is 0 Å². The van der Waals surface area contributed by atoms with Gasteiger partial charge >= 0.3 is 0 Å². The molecule has 0 saturated carbocycles. The Morgan fingerprint density at radius 3 is 2.41 bits per heavy atom. The highest BCUT2D eigenvalue weighted by molar-refractivity contribution is 5.99. The van der Waals surface area contributed by atoms with Crippen LogP contribution < -0.4 is 0 Å². The Bertz CT molecular complexity index is 446. The number of hydrogen-bond donors (Lipinski definition) is 1. The maximum atomic E-state index is 12.6. The van der Waals surface area contributed by atoms with Crippen LogP contribution in [0.15, 0.2) is 36.1 Å². The SMILES string of the molecule is CC(=O)/C(O)=C/C(=O)CCc1ccc(F)cc1. The maximum Gasteiger partial charge on any atom is 0.194 e. The Labute approximate surface area is 98.6 Å². The summed E-state index contributed by atoms with van der Waals surface area (Å²) in [4.78, 5) is 22.0. The molecule has 1 rings (SSSR count). The minimum Gasteiger partial charge on any atom is -0.504 e. The van der Waals surface area contributed by atoms with Crippen LogP contribution in [0, 0.1) is 5.82 Å². The van der Waals surface area contributed by atoms with Gasteiger partial charge in [0.15, 0.2) is 17.3 Å². The molecule has 1 aromatic carbocycles. The van der Waals surface area contributed by atoms with Crippen LogP contribution in [0.3, 0.4) is 0 Å². The quantitative estimate of drug-likeness (QED) is 0.630. The molecule has 0 bridgehead atoms. The number of aryl methyl sites for hydroxylation is 1. The predicted molar refractivity (Wildman–Crippen MR) is 61.1 cm³/mol. The van der Waals surface area contributed by atoms with Crippen LogP contribution in [0.1, 0.15) is 18.9 Å². The summed E-state index contributed by atoms with van der Waals surface area (Å²) in [5.74, 6) is -1.73. The first-order chi connectivity index (χ1) is 7.99. The summed E-state index contributed by atoms with van der Waals surface area (Å²) in [6.07, 6.45) is 1.54. The fourth-order valence-corrected chi connectivity index (χ4v) is 1.24. The second kappa shape index (κ2) is 5.94. The number of aliphatic hydroxyl groups is 1. The number of halogens is 1. The molecule has 0 aliphatic heterocycles. The minimum atomic E-state index is -0.542. The molecule has 0 aliphatic rings. The van der Waals surface area contributed by atoms with Crippen LogP contribution in [-0.4, -0.2) is 16.7 Å². The Morgan fingerprint density at radius 1 is 1.29 bits per heavy atom. The third-order valence-corrected chi connectivity index (χ3v) is 2.23. The van der Waals surface area contributed by atoms with Gasteiger partial charge < -0.3 is 5.11 Å². The summed E-state index contributed by atoms with van der Waals surface area (Å²) in [6.45, 7) is 1.18. The number of hydrogen-bond acceptors (Lipinski definition) is 3. The lowest BCUT2D eigenvalue weighted by atomic mass is 10.1. The zero-order valence-electron chi connectivity index (χ0n) is 9.44. The third-order valence-electron chi connectivity index (χ3n) is 2.23. The van der Waals surface area contributed by atoms with Gasteiger partial charge in [-0.3, -0.25) is 9.59 Å². The minimum absolute atomic E-state index is 0.170. The molecule has 3 nitrogen and oxygen atoms in total. The molecule has 0 unspecified atom stereocenters. The van der Waals surface area contributed by atoms with E-state index in [0.717, 1.165) is 11.6 Å². The summed E-state index contributed by atoms with van der Waals surface area (Å²) in [5.41, 5.74) is 0.829. The lowest BCUT2D eigenvalue weighted by Gasteiger charge is -1.99. The highest BCUT2D eigenvalue weighted by Gasteiger charge is 2.05. The molecule has 0 aromatic heterocycles. The average Bonchev–Trinajstić information content (AvgIpc) is 2.28. The number of carbonyl (C=O) groups excluding carboxylic acids is 2. The average molecular weight is 236 g/mol. The van der Waals surface area contributed by atoms with Gasteiger partial charge in [-0.1, -0.05) is 12.1 Å². The summed E-state index contributed by atoms with van der Waals surface area (Å²) in [5, 5.41) is 9.07. The molecular formula is C13H13FO3. The van der Waals surface area contributed by atoms with Crippen LogP contribution >= 0.6 is 0 Å². The van der Waals surface area contributed by atoms with Gasteiger partial charge in [0, 0.05) is 19.4 Å². The molecule has 17 heavy (non-hydrogen) atoms. The van der Waals surface area contributed by atoms with Crippen LogP contribution in [-0.2, 0) is 16.0 Å². The van der Waals surface area contributed by atoms with Crippen LogP contribution in [0.25, 0.3) is 0 Å². The first-order valence-corrected chi connectivity index (χ1v) is 5.18. The molecule has 90 valence electrons. The van der Waals surface area contributed by atoms with Crippen molar-refractivity contribution in [3.8, 4) is 0 Å². The molecule has 0 atom stereocenters. The van der Waals surface area contributed by atoms with E-state index in [1.165, 1.54) is 19.1 Å². The first kappa shape index (κ1) is 13.1. The summed E-state index contributed by atoms with van der Waals surface area (Å²) < 4.78 is 12.6. The van der Waals surface area contributed by atoms with E-state index in [4.69, 9.17) is 5.11 Å². The fraction of sp³-hybridized carbons (Fsp3) is 0.231. The smallest absolute Gasteiger partial charge is 0.194 e. The number of allylic oxidation sites excluding steroid dienone is 2. The summed E-state index contributed by atoms with van der Waals surface area (Å²) in [7, 11) is 0. The van der Waals surface area contributed by atoms with Crippen molar-refractivity contribution in [2.45, 2.75) is 19.8 Å². The molecule has 0 saturated heterocycles. The first-order valence-electron chi connectivity index (χ1n) is 5.18. The molecule has 1 aromatic rings. The second-order valence-corrected chi connectivity index (χ2v) is 3.68. The zero-order valence-corrected chi connectivity index (χ0v) is 9.44. The van der Waals surface area contributed by atoms with Gasteiger partial charge in [0.1, 0.15) is 5.82 Å². The largest absolute Gasteiger partial charge is 0.504 e. The Morgan fingerprint density at radius 2 is 1.88 bits per heavy atom. The Hall–Kier alpha value is -1.97. The Kier molecular flexibility index (Phi) is 4.57. The van der Waals surface area contributed by atoms with Crippen LogP contribution in [0.5, 0.6) is 0 Å². The van der Waals surface area contributed by atoms with Gasteiger partial charge in [-0.05, 0) is 24.1 Å².